The van der Waals surface area contributed by atoms with Gasteiger partial charge in [-0.15, -0.1) is 53.6 Å². The standard InChI is InChI=1S/C41H39N4O.C24H28NSi.Ir/c1-25-23-36-37(26(2)42-25)44-39(45(36)35-22-19-29(41(3,4)5)24-33(35)27-13-8-6-9-14-27)32-18-12-17-30-31-20-21-34(28-15-10-7-11-16-28)43-40(31)46-38(30)32;1-18(2)14-22-16-23(25-17-24(22)26(3,4)5)21-13-9-12-20(15-21)19-10-7-6-8-11-19;/h6,8-9,12-14,17,19-24,28H,7,10-11,15-16H2,1-5H3;6-12,15-18H,14H2,1-5H3;/q2*-1;. The molecule has 6 nitrogen and oxygen atoms in total. The van der Waals surface area contributed by atoms with Crippen molar-refractivity contribution in [2.45, 2.75) is 118 Å². The predicted molar refractivity (Wildman–Crippen MR) is 303 cm³/mol. The van der Waals surface area contributed by atoms with Crippen LogP contribution >= 0.6 is 0 Å². The summed E-state index contributed by atoms with van der Waals surface area (Å²) in [4.78, 5) is 20.0. The van der Waals surface area contributed by atoms with Gasteiger partial charge in [0.05, 0.1) is 36.2 Å². The number of fused-ring (bicyclic) bond motifs is 4. The Kier molecular flexibility index (Phi) is 15.0. The molecule has 11 rings (SSSR count). The quantitative estimate of drug-likeness (QED) is 0.106. The van der Waals surface area contributed by atoms with Gasteiger partial charge in [-0.05, 0) is 102 Å². The molecule has 373 valence electrons. The van der Waals surface area contributed by atoms with Gasteiger partial charge in [-0.1, -0.05) is 163 Å². The first-order chi connectivity index (χ1) is 34.6. The van der Waals surface area contributed by atoms with Crippen molar-refractivity contribution >= 4 is 46.4 Å². The summed E-state index contributed by atoms with van der Waals surface area (Å²) in [7, 11) is -1.40. The van der Waals surface area contributed by atoms with Crippen molar-refractivity contribution in [3.05, 3.63) is 180 Å². The van der Waals surface area contributed by atoms with Crippen LogP contribution in [0.5, 0.6) is 0 Å². The summed E-state index contributed by atoms with van der Waals surface area (Å²) in [6, 6.07) is 54.1. The molecule has 73 heavy (non-hydrogen) atoms. The van der Waals surface area contributed by atoms with E-state index in [4.69, 9.17) is 24.4 Å². The molecule has 5 heterocycles. The second kappa shape index (κ2) is 21.3. The molecule has 1 aliphatic rings. The maximum atomic E-state index is 6.68. The third-order valence-electron chi connectivity index (χ3n) is 14.3. The SMILES string of the molecule is CC(C)Cc1cc(-c2[c-]ccc(-c3ccccc3)c2)ncc1[Si](C)(C)C.Cc1cc2c(nc(-c3[c-]ccc4c3oc3nc(C5CCCCC5)ccc34)n2-c2ccc(C(C)(C)C)cc2-c2ccccc2)c(C)n1.[Ir]. The summed E-state index contributed by atoms with van der Waals surface area (Å²) in [5, 5.41) is 3.54. The van der Waals surface area contributed by atoms with Crippen LogP contribution in [0.2, 0.25) is 19.6 Å². The zero-order chi connectivity index (χ0) is 50.3. The number of pyridine rings is 3. The molecule has 1 fully saturated rings. The fourth-order valence-electron chi connectivity index (χ4n) is 10.6. The summed E-state index contributed by atoms with van der Waals surface area (Å²) in [6.07, 6.45) is 9.50. The van der Waals surface area contributed by atoms with Crippen molar-refractivity contribution in [3.63, 3.8) is 0 Å². The van der Waals surface area contributed by atoms with E-state index in [1.807, 2.05) is 32.0 Å². The molecule has 1 radical (unpaired) electrons. The maximum absolute atomic E-state index is 6.68. The van der Waals surface area contributed by atoms with Crippen LogP contribution in [0.4, 0.5) is 0 Å². The first kappa shape index (κ1) is 51.6. The summed E-state index contributed by atoms with van der Waals surface area (Å²) in [6.45, 7) is 22.6. The molecule has 0 bridgehead atoms. The molecule has 10 aromatic rings. The van der Waals surface area contributed by atoms with Gasteiger partial charge in [0.2, 0.25) is 5.71 Å². The Morgan fingerprint density at radius 2 is 1.44 bits per heavy atom. The molecule has 1 aliphatic carbocycles. The summed E-state index contributed by atoms with van der Waals surface area (Å²) in [5.74, 6) is 1.93. The van der Waals surface area contributed by atoms with E-state index in [-0.39, 0.29) is 25.5 Å². The van der Waals surface area contributed by atoms with Crippen LogP contribution in [0.3, 0.4) is 0 Å². The van der Waals surface area contributed by atoms with Crippen LogP contribution in [0, 0.1) is 31.9 Å². The molecule has 0 aliphatic heterocycles. The van der Waals surface area contributed by atoms with Gasteiger partial charge in [-0.3, -0.25) is 9.97 Å². The van der Waals surface area contributed by atoms with E-state index in [1.165, 1.54) is 59.5 Å². The molecule has 1 saturated carbocycles. The Labute approximate surface area is 447 Å². The van der Waals surface area contributed by atoms with Crippen LogP contribution in [-0.2, 0) is 31.9 Å². The van der Waals surface area contributed by atoms with Crippen LogP contribution in [-0.4, -0.2) is 32.6 Å². The number of aromatic nitrogens is 5. The van der Waals surface area contributed by atoms with Gasteiger partial charge in [0.15, 0.2) is 0 Å². The number of nitrogens with zero attached hydrogens (tertiary/aromatic N) is 5. The monoisotopic (exact) mass is 1150 g/mol. The van der Waals surface area contributed by atoms with Gasteiger partial charge in [0.25, 0.3) is 0 Å². The molecular formula is C65H67IrN5OSi-2. The van der Waals surface area contributed by atoms with Gasteiger partial charge < -0.3 is 14.0 Å². The van der Waals surface area contributed by atoms with E-state index in [0.29, 0.717) is 17.5 Å². The molecular weight excluding hydrogens is 1090 g/mol. The largest absolute Gasteiger partial charge is 0.486 e. The fourth-order valence-corrected chi connectivity index (χ4v) is 12.2. The summed E-state index contributed by atoms with van der Waals surface area (Å²) >= 11 is 0. The van der Waals surface area contributed by atoms with Gasteiger partial charge in [-0.2, -0.15) is 0 Å². The Hall–Kier alpha value is -6.31. The van der Waals surface area contributed by atoms with Crippen LogP contribution in [0.15, 0.2) is 144 Å². The molecule has 5 aromatic heterocycles. The van der Waals surface area contributed by atoms with E-state index in [0.717, 1.165) is 90.4 Å². The zero-order valence-corrected chi connectivity index (χ0v) is 47.5. The van der Waals surface area contributed by atoms with Crippen LogP contribution < -0.4 is 5.19 Å². The fraction of sp³-hybridized carbons (Fsp3) is 0.292. The van der Waals surface area contributed by atoms with Crippen molar-refractivity contribution in [2.24, 2.45) is 5.92 Å². The topological polar surface area (TPSA) is 69.6 Å². The van der Waals surface area contributed by atoms with Gasteiger partial charge in [0.1, 0.15) is 0 Å². The maximum Gasteiger partial charge on any atom is 0.216 e. The normalized spacial score (nSPS) is 13.4. The average molecular weight is 1150 g/mol. The first-order valence-corrected chi connectivity index (χ1v) is 29.5. The minimum atomic E-state index is -1.40. The third-order valence-corrected chi connectivity index (χ3v) is 16.4. The second-order valence-electron chi connectivity index (χ2n) is 22.4. The third kappa shape index (κ3) is 10.9. The summed E-state index contributed by atoms with van der Waals surface area (Å²) < 4.78 is 8.96. The average Bonchev–Trinajstić information content (AvgIpc) is 3.95. The number of furan rings is 1. The van der Waals surface area contributed by atoms with E-state index in [2.05, 4.69) is 192 Å². The van der Waals surface area contributed by atoms with Crippen molar-refractivity contribution in [1.29, 1.82) is 0 Å². The van der Waals surface area contributed by atoms with Crippen molar-refractivity contribution in [2.75, 3.05) is 0 Å². The number of hydrogen-bond acceptors (Lipinski definition) is 5. The van der Waals surface area contributed by atoms with Crippen molar-refractivity contribution in [3.8, 4) is 50.6 Å². The minimum absolute atomic E-state index is 0. The number of rotatable bonds is 9. The number of benzene rings is 5. The van der Waals surface area contributed by atoms with E-state index in [1.54, 1.807) is 0 Å². The Morgan fingerprint density at radius 1 is 0.726 bits per heavy atom. The Bertz CT molecular complexity index is 3560. The molecule has 0 spiro atoms. The van der Waals surface area contributed by atoms with Crippen LogP contribution in [0.25, 0.3) is 83.7 Å². The minimum Gasteiger partial charge on any atom is -0.486 e. The zero-order valence-electron chi connectivity index (χ0n) is 44.2. The smallest absolute Gasteiger partial charge is 0.216 e. The molecule has 5 aromatic carbocycles. The van der Waals surface area contributed by atoms with E-state index in [9.17, 15) is 0 Å². The second-order valence-corrected chi connectivity index (χ2v) is 27.4. The molecule has 0 atom stereocenters. The molecule has 0 N–H and O–H groups in total. The molecule has 8 heteroatoms. The van der Waals surface area contributed by atoms with Gasteiger partial charge in [0, 0.05) is 60.2 Å². The molecule has 0 saturated heterocycles. The number of hydrogen-bond donors (Lipinski definition) is 0. The van der Waals surface area contributed by atoms with Crippen molar-refractivity contribution in [1.82, 2.24) is 24.5 Å². The van der Waals surface area contributed by atoms with E-state index >= 15 is 0 Å². The molecule has 0 amide bonds. The van der Waals surface area contributed by atoms with Crippen molar-refractivity contribution < 1.29 is 24.5 Å². The summed E-state index contributed by atoms with van der Waals surface area (Å²) in [5.41, 5.74) is 17.8. The number of aryl methyl sites for hydroxylation is 2. The predicted octanol–water partition coefficient (Wildman–Crippen LogP) is 16.8. The van der Waals surface area contributed by atoms with Gasteiger partial charge in [-0.25, -0.2) is 4.98 Å². The first-order valence-electron chi connectivity index (χ1n) is 26.0. The van der Waals surface area contributed by atoms with Gasteiger partial charge >= 0.3 is 0 Å². The molecule has 0 unspecified atom stereocenters. The number of imidazole rings is 1. The Balaban J connectivity index is 0.000000207. The Morgan fingerprint density at radius 3 is 2.14 bits per heavy atom. The van der Waals surface area contributed by atoms with Crippen LogP contribution in [0.1, 0.15) is 101 Å². The van der Waals surface area contributed by atoms with E-state index < -0.39 is 8.07 Å².